The monoisotopic (exact) mass is 302 g/mol. The van der Waals surface area contributed by atoms with E-state index in [0.717, 1.165) is 17.6 Å². The van der Waals surface area contributed by atoms with Crippen molar-refractivity contribution in [1.82, 2.24) is 0 Å². The number of hydrogen-bond donors (Lipinski definition) is 0. The summed E-state index contributed by atoms with van der Waals surface area (Å²) in [7, 11) is 0. The Morgan fingerprint density at radius 3 is 2.74 bits per heavy atom. The highest BCUT2D eigenvalue weighted by Gasteiger charge is 2.34. The molecule has 1 nitrogen and oxygen atoms in total. The van der Waals surface area contributed by atoms with E-state index in [1.807, 2.05) is 19.1 Å². The molecule has 1 atom stereocenters. The molecule has 2 aromatic carbocycles. The third kappa shape index (κ3) is 2.35. The van der Waals surface area contributed by atoms with Gasteiger partial charge in [-0.1, -0.05) is 48.5 Å². The largest absolute Gasteiger partial charge is 0.293 e. The molecule has 0 radical (unpaired) electrons. The fraction of sp³-hybridized carbons (Fsp3) is 0.318. The molecule has 4 rings (SSSR count). The minimum atomic E-state index is -0.00849. The summed E-state index contributed by atoms with van der Waals surface area (Å²) in [5.41, 5.74) is 7.63. The first-order valence-electron chi connectivity index (χ1n) is 8.69. The van der Waals surface area contributed by atoms with Crippen LogP contribution in [0.2, 0.25) is 0 Å². The van der Waals surface area contributed by atoms with Crippen LogP contribution in [-0.2, 0) is 24.1 Å². The number of hydrogen-bond acceptors (Lipinski definition) is 1. The second kappa shape index (κ2) is 5.81. The third-order valence-corrected chi connectivity index (χ3v) is 5.41. The quantitative estimate of drug-likeness (QED) is 0.723. The highest BCUT2D eigenvalue weighted by molar-refractivity contribution is 6.27. The molecule has 0 saturated carbocycles. The van der Waals surface area contributed by atoms with Gasteiger partial charge in [0.15, 0.2) is 5.78 Å². The van der Waals surface area contributed by atoms with E-state index in [2.05, 4.69) is 36.4 Å². The summed E-state index contributed by atoms with van der Waals surface area (Å²) in [6, 6.07) is 15.0. The smallest absolute Gasteiger partial charge is 0.170 e. The van der Waals surface area contributed by atoms with Crippen molar-refractivity contribution in [2.45, 2.75) is 44.9 Å². The van der Waals surface area contributed by atoms with Crippen LogP contribution in [0.5, 0.6) is 0 Å². The van der Waals surface area contributed by atoms with E-state index < -0.39 is 0 Å². The van der Waals surface area contributed by atoms with Crippen molar-refractivity contribution in [1.29, 1.82) is 0 Å². The molecule has 0 N–H and O–H groups in total. The molecule has 23 heavy (non-hydrogen) atoms. The second-order valence-electron chi connectivity index (χ2n) is 6.67. The molecular formula is C22H22O. The number of aryl methyl sites for hydroxylation is 1. The van der Waals surface area contributed by atoms with Crippen LogP contribution in [0, 0.1) is 0 Å². The Balaban J connectivity index is 1.74. The molecule has 1 heteroatoms. The van der Waals surface area contributed by atoms with E-state index in [9.17, 15) is 4.79 Å². The molecule has 2 aromatic rings. The summed E-state index contributed by atoms with van der Waals surface area (Å²) in [4.78, 5) is 12.9. The lowest BCUT2D eigenvalue weighted by molar-refractivity contribution is -0.114. The van der Waals surface area contributed by atoms with Crippen LogP contribution in [0.1, 0.15) is 53.5 Å². The van der Waals surface area contributed by atoms with Gasteiger partial charge < -0.3 is 0 Å². The predicted molar refractivity (Wildman–Crippen MR) is 94.6 cm³/mol. The number of rotatable bonds is 2. The average Bonchev–Trinajstić information content (AvgIpc) is 2.87. The zero-order valence-electron chi connectivity index (χ0n) is 13.6. The molecule has 1 unspecified atom stereocenters. The Hall–Kier alpha value is -2.15. The van der Waals surface area contributed by atoms with Gasteiger partial charge in [-0.2, -0.15) is 0 Å². The molecule has 0 aliphatic heterocycles. The topological polar surface area (TPSA) is 17.1 Å². The number of carbonyl (C=O) groups is 1. The van der Waals surface area contributed by atoms with Crippen molar-refractivity contribution >= 4 is 11.4 Å². The number of benzene rings is 2. The summed E-state index contributed by atoms with van der Waals surface area (Å²) in [5.74, 6) is 0.285. The van der Waals surface area contributed by atoms with Crippen molar-refractivity contribution in [2.75, 3.05) is 0 Å². The summed E-state index contributed by atoms with van der Waals surface area (Å²) < 4.78 is 0. The van der Waals surface area contributed by atoms with E-state index >= 15 is 0 Å². The Labute approximate surface area is 138 Å². The standard InChI is InChI=1S/C22H22O/c1-2-17-19-12-5-6-13-20(19)21(22(17)23)14-16-10-7-9-15-8-3-4-11-18(15)16/h2,5-7,9-10,12-13,21H,3-4,8,11,14H2,1H3/b17-2-. The maximum absolute atomic E-state index is 12.9. The molecule has 116 valence electrons. The maximum Gasteiger partial charge on any atom is 0.170 e. The maximum atomic E-state index is 12.9. The van der Waals surface area contributed by atoms with Crippen molar-refractivity contribution in [3.63, 3.8) is 0 Å². The zero-order chi connectivity index (χ0) is 15.8. The van der Waals surface area contributed by atoms with Gasteiger partial charge >= 0.3 is 0 Å². The SMILES string of the molecule is C/C=C1\C(=O)C(Cc2cccc3c2CCCC3)c2ccccc21. The Bertz CT molecular complexity index is 797. The molecule has 0 aromatic heterocycles. The highest BCUT2D eigenvalue weighted by atomic mass is 16.1. The number of ketones is 1. The molecule has 0 bridgehead atoms. The van der Waals surface area contributed by atoms with Crippen molar-refractivity contribution in [3.05, 3.63) is 76.4 Å². The van der Waals surface area contributed by atoms with Gasteiger partial charge in [0.1, 0.15) is 0 Å². The minimum Gasteiger partial charge on any atom is -0.293 e. The molecule has 0 saturated heterocycles. The Kier molecular flexibility index (Phi) is 3.65. The Morgan fingerprint density at radius 2 is 1.87 bits per heavy atom. The molecule has 0 heterocycles. The van der Waals surface area contributed by atoms with Crippen LogP contribution in [0.15, 0.2) is 48.5 Å². The number of carbonyl (C=O) groups excluding carboxylic acids is 1. The molecular weight excluding hydrogens is 280 g/mol. The molecule has 2 aliphatic carbocycles. The van der Waals surface area contributed by atoms with Crippen molar-refractivity contribution in [2.24, 2.45) is 0 Å². The lowest BCUT2D eigenvalue weighted by Gasteiger charge is -2.21. The van der Waals surface area contributed by atoms with Crippen LogP contribution in [0.4, 0.5) is 0 Å². The Morgan fingerprint density at radius 1 is 1.04 bits per heavy atom. The summed E-state index contributed by atoms with van der Waals surface area (Å²) in [6.45, 7) is 1.97. The minimum absolute atomic E-state index is 0.00849. The highest BCUT2D eigenvalue weighted by Crippen LogP contribution is 2.40. The van der Waals surface area contributed by atoms with Gasteiger partial charge in [0.25, 0.3) is 0 Å². The second-order valence-corrected chi connectivity index (χ2v) is 6.67. The number of Topliss-reactive ketones (excluding diaryl/α,β-unsaturated/α-hetero) is 1. The summed E-state index contributed by atoms with van der Waals surface area (Å²) >= 11 is 0. The molecule has 0 spiro atoms. The van der Waals surface area contributed by atoms with Crippen molar-refractivity contribution in [3.8, 4) is 0 Å². The normalized spacial score (nSPS) is 21.3. The van der Waals surface area contributed by atoms with Crippen LogP contribution in [0.3, 0.4) is 0 Å². The van der Waals surface area contributed by atoms with E-state index in [0.29, 0.717) is 5.78 Å². The molecule has 0 amide bonds. The first-order valence-corrected chi connectivity index (χ1v) is 8.69. The van der Waals surface area contributed by atoms with Crippen LogP contribution in [-0.4, -0.2) is 5.78 Å². The zero-order valence-corrected chi connectivity index (χ0v) is 13.6. The van der Waals surface area contributed by atoms with Crippen molar-refractivity contribution < 1.29 is 4.79 Å². The van der Waals surface area contributed by atoms with Gasteiger partial charge in [-0.3, -0.25) is 4.79 Å². The molecule has 0 fully saturated rings. The molecule has 2 aliphatic rings. The fourth-order valence-electron chi connectivity index (χ4n) is 4.28. The van der Waals surface area contributed by atoms with E-state index in [4.69, 9.17) is 0 Å². The fourth-order valence-corrected chi connectivity index (χ4v) is 4.28. The van der Waals surface area contributed by atoms with Gasteiger partial charge in [0.2, 0.25) is 0 Å². The van der Waals surface area contributed by atoms with Gasteiger partial charge in [-0.05, 0) is 66.8 Å². The summed E-state index contributed by atoms with van der Waals surface area (Å²) in [5, 5.41) is 0. The van der Waals surface area contributed by atoms with Gasteiger partial charge in [-0.25, -0.2) is 0 Å². The van der Waals surface area contributed by atoms with E-state index in [1.165, 1.54) is 47.9 Å². The third-order valence-electron chi connectivity index (χ3n) is 5.41. The van der Waals surface area contributed by atoms with Crippen LogP contribution < -0.4 is 0 Å². The van der Waals surface area contributed by atoms with Crippen LogP contribution in [0.25, 0.3) is 5.57 Å². The predicted octanol–water partition coefficient (Wildman–Crippen LogP) is 4.88. The van der Waals surface area contributed by atoms with E-state index in [-0.39, 0.29) is 5.92 Å². The van der Waals surface area contributed by atoms with Gasteiger partial charge in [0.05, 0.1) is 5.92 Å². The number of fused-ring (bicyclic) bond motifs is 2. The lowest BCUT2D eigenvalue weighted by Crippen LogP contribution is -2.13. The van der Waals surface area contributed by atoms with Gasteiger partial charge in [-0.15, -0.1) is 0 Å². The first-order chi connectivity index (χ1) is 11.3. The number of allylic oxidation sites excluding steroid dienone is 2. The summed E-state index contributed by atoms with van der Waals surface area (Å²) in [6.07, 6.45) is 7.75. The lowest BCUT2D eigenvalue weighted by atomic mass is 9.83. The first kappa shape index (κ1) is 14.4. The van der Waals surface area contributed by atoms with E-state index in [1.54, 1.807) is 0 Å². The van der Waals surface area contributed by atoms with Crippen LogP contribution >= 0.6 is 0 Å². The average molecular weight is 302 g/mol. The van der Waals surface area contributed by atoms with Gasteiger partial charge in [0, 0.05) is 5.57 Å².